The Bertz CT molecular complexity index is 299. The van der Waals surface area contributed by atoms with E-state index in [0.717, 1.165) is 12.1 Å². The number of hydrogen-bond donors (Lipinski definition) is 1. The molecule has 64 valence electrons. The maximum atomic E-state index is 10.6. The molecule has 1 aromatic heterocycles. The van der Waals surface area contributed by atoms with Crippen LogP contribution in [0.3, 0.4) is 0 Å². The molecule has 1 heterocycles. The van der Waals surface area contributed by atoms with Crippen molar-refractivity contribution < 1.29 is 0 Å². The maximum Gasteiger partial charge on any atom is 0.264 e. The molecular formula is C8H9ClN2O. The molecule has 3 nitrogen and oxygen atoms in total. The molecule has 1 rings (SSSR count). The number of halogens is 1. The van der Waals surface area contributed by atoms with Gasteiger partial charge in [-0.1, -0.05) is 6.08 Å². The van der Waals surface area contributed by atoms with E-state index in [4.69, 9.17) is 11.6 Å². The Hall–Kier alpha value is -1.09. The fourth-order valence-corrected chi connectivity index (χ4v) is 0.841. The second kappa shape index (κ2) is 4.72. The summed E-state index contributed by atoms with van der Waals surface area (Å²) in [5.74, 6) is 0.597. The number of hydrogen-bond acceptors (Lipinski definition) is 2. The van der Waals surface area contributed by atoms with Crippen LogP contribution >= 0.6 is 11.6 Å². The second-order valence-corrected chi connectivity index (χ2v) is 2.60. The fraction of sp³-hybridized carbons (Fsp3) is 0.250. The van der Waals surface area contributed by atoms with Gasteiger partial charge >= 0.3 is 0 Å². The Kier molecular flexibility index (Phi) is 3.54. The first-order valence-corrected chi connectivity index (χ1v) is 4.14. The highest BCUT2D eigenvalue weighted by atomic mass is 35.5. The SMILES string of the molecule is O=c1ccc(C=CCCCl)n[nH]1. The lowest BCUT2D eigenvalue weighted by Crippen LogP contribution is -2.05. The molecule has 0 aliphatic carbocycles. The Morgan fingerprint density at radius 3 is 3.00 bits per heavy atom. The van der Waals surface area contributed by atoms with Crippen molar-refractivity contribution in [3.63, 3.8) is 0 Å². The van der Waals surface area contributed by atoms with Gasteiger partial charge in [0.15, 0.2) is 0 Å². The molecule has 12 heavy (non-hydrogen) atoms. The molecule has 0 aromatic carbocycles. The largest absolute Gasteiger partial charge is 0.268 e. The van der Waals surface area contributed by atoms with Crippen LogP contribution in [0.15, 0.2) is 23.0 Å². The van der Waals surface area contributed by atoms with Gasteiger partial charge in [-0.05, 0) is 18.6 Å². The number of alkyl halides is 1. The van der Waals surface area contributed by atoms with Crippen molar-refractivity contribution in [2.45, 2.75) is 6.42 Å². The van der Waals surface area contributed by atoms with E-state index in [-0.39, 0.29) is 5.56 Å². The minimum absolute atomic E-state index is 0.190. The highest BCUT2D eigenvalue weighted by molar-refractivity contribution is 6.17. The molecule has 0 atom stereocenters. The van der Waals surface area contributed by atoms with Gasteiger partial charge in [0.1, 0.15) is 0 Å². The van der Waals surface area contributed by atoms with Crippen LogP contribution in [0.1, 0.15) is 12.1 Å². The van der Waals surface area contributed by atoms with E-state index in [0.29, 0.717) is 5.88 Å². The standard InChI is InChI=1S/C8H9ClN2O/c9-6-2-1-3-7-4-5-8(12)11-10-7/h1,3-5H,2,6H2,(H,11,12). The van der Waals surface area contributed by atoms with E-state index in [1.165, 1.54) is 6.07 Å². The van der Waals surface area contributed by atoms with Gasteiger partial charge in [0.05, 0.1) is 5.69 Å². The van der Waals surface area contributed by atoms with Gasteiger partial charge in [0.25, 0.3) is 5.56 Å². The predicted octanol–water partition coefficient (Wildman–Crippen LogP) is 1.41. The number of H-pyrrole nitrogens is 1. The van der Waals surface area contributed by atoms with E-state index < -0.39 is 0 Å². The summed E-state index contributed by atoms with van der Waals surface area (Å²) in [4.78, 5) is 10.6. The molecule has 0 spiro atoms. The van der Waals surface area contributed by atoms with Crippen LogP contribution in [0.25, 0.3) is 6.08 Å². The van der Waals surface area contributed by atoms with Crippen LogP contribution in [0.5, 0.6) is 0 Å². The van der Waals surface area contributed by atoms with E-state index in [9.17, 15) is 4.79 Å². The van der Waals surface area contributed by atoms with Crippen LogP contribution in [-0.4, -0.2) is 16.1 Å². The zero-order chi connectivity index (χ0) is 8.81. The monoisotopic (exact) mass is 184 g/mol. The van der Waals surface area contributed by atoms with Crippen molar-refractivity contribution in [3.8, 4) is 0 Å². The Labute approximate surface area is 75.1 Å². The third-order valence-corrected chi connectivity index (χ3v) is 1.48. The van der Waals surface area contributed by atoms with E-state index in [1.54, 1.807) is 6.07 Å². The van der Waals surface area contributed by atoms with Crippen LogP contribution in [0.4, 0.5) is 0 Å². The molecule has 0 unspecified atom stereocenters. The minimum Gasteiger partial charge on any atom is -0.268 e. The summed E-state index contributed by atoms with van der Waals surface area (Å²) in [6.07, 6.45) is 4.54. The summed E-state index contributed by atoms with van der Waals surface area (Å²) in [6.45, 7) is 0. The Morgan fingerprint density at radius 1 is 1.58 bits per heavy atom. The minimum atomic E-state index is -0.190. The molecule has 4 heteroatoms. The van der Waals surface area contributed by atoms with Crippen molar-refractivity contribution >= 4 is 17.7 Å². The predicted molar refractivity (Wildman–Crippen MR) is 49.2 cm³/mol. The van der Waals surface area contributed by atoms with Crippen molar-refractivity contribution in [1.29, 1.82) is 0 Å². The van der Waals surface area contributed by atoms with Gasteiger partial charge in [-0.25, -0.2) is 5.10 Å². The number of allylic oxidation sites excluding steroid dienone is 1. The molecule has 1 N–H and O–H groups in total. The van der Waals surface area contributed by atoms with E-state index in [2.05, 4.69) is 10.2 Å². The van der Waals surface area contributed by atoms with Crippen molar-refractivity contribution in [2.75, 3.05) is 5.88 Å². The molecular weight excluding hydrogens is 176 g/mol. The van der Waals surface area contributed by atoms with Gasteiger partial charge in [-0.3, -0.25) is 4.79 Å². The zero-order valence-electron chi connectivity index (χ0n) is 6.46. The van der Waals surface area contributed by atoms with E-state index >= 15 is 0 Å². The average Bonchev–Trinajstić information content (AvgIpc) is 2.09. The Morgan fingerprint density at radius 2 is 2.42 bits per heavy atom. The third-order valence-electron chi connectivity index (χ3n) is 1.27. The van der Waals surface area contributed by atoms with Gasteiger partial charge in [-0.15, -0.1) is 11.6 Å². The first-order chi connectivity index (χ1) is 5.83. The lowest BCUT2D eigenvalue weighted by atomic mass is 10.3. The number of nitrogens with one attached hydrogen (secondary N) is 1. The molecule has 0 bridgehead atoms. The summed E-state index contributed by atoms with van der Waals surface area (Å²) in [5.41, 5.74) is 0.546. The summed E-state index contributed by atoms with van der Waals surface area (Å²) in [7, 11) is 0. The second-order valence-electron chi connectivity index (χ2n) is 2.23. The van der Waals surface area contributed by atoms with Crippen molar-refractivity contribution in [1.82, 2.24) is 10.2 Å². The first kappa shape index (κ1) is 9.00. The lowest BCUT2D eigenvalue weighted by molar-refractivity contribution is 0.976. The van der Waals surface area contributed by atoms with Gasteiger partial charge in [-0.2, -0.15) is 5.10 Å². The molecule has 0 amide bonds. The van der Waals surface area contributed by atoms with Crippen molar-refractivity contribution in [3.05, 3.63) is 34.3 Å². The molecule has 0 aliphatic rings. The van der Waals surface area contributed by atoms with Crippen molar-refractivity contribution in [2.24, 2.45) is 0 Å². The maximum absolute atomic E-state index is 10.6. The smallest absolute Gasteiger partial charge is 0.264 e. The molecule has 0 fully saturated rings. The topological polar surface area (TPSA) is 45.8 Å². The normalized spacial score (nSPS) is 10.8. The van der Waals surface area contributed by atoms with Gasteiger partial charge < -0.3 is 0 Å². The van der Waals surface area contributed by atoms with Gasteiger partial charge in [0, 0.05) is 11.9 Å². The number of aromatic amines is 1. The number of aromatic nitrogens is 2. The van der Waals surface area contributed by atoms with Gasteiger partial charge in [0.2, 0.25) is 0 Å². The lowest BCUT2D eigenvalue weighted by Gasteiger charge is -1.88. The van der Waals surface area contributed by atoms with Crippen LogP contribution in [0, 0.1) is 0 Å². The molecule has 1 aromatic rings. The molecule has 0 saturated heterocycles. The quantitative estimate of drug-likeness (QED) is 0.723. The highest BCUT2D eigenvalue weighted by Crippen LogP contribution is 1.95. The summed E-state index contributed by atoms with van der Waals surface area (Å²) < 4.78 is 0. The third kappa shape index (κ3) is 2.88. The Balaban J connectivity index is 2.64. The van der Waals surface area contributed by atoms with E-state index in [1.807, 2.05) is 12.2 Å². The zero-order valence-corrected chi connectivity index (χ0v) is 7.21. The molecule has 0 radical (unpaired) electrons. The molecule has 0 aliphatic heterocycles. The van der Waals surface area contributed by atoms with Crippen LogP contribution in [0.2, 0.25) is 0 Å². The number of nitrogens with zero attached hydrogens (tertiary/aromatic N) is 1. The average molecular weight is 185 g/mol. The first-order valence-electron chi connectivity index (χ1n) is 3.61. The summed E-state index contributed by atoms with van der Waals surface area (Å²) in [6, 6.07) is 3.09. The number of rotatable bonds is 3. The van der Waals surface area contributed by atoms with Crippen LogP contribution in [-0.2, 0) is 0 Å². The fourth-order valence-electron chi connectivity index (χ4n) is 0.715. The molecule has 0 saturated carbocycles. The summed E-state index contributed by atoms with van der Waals surface area (Å²) in [5, 5.41) is 6.12. The van der Waals surface area contributed by atoms with Crippen LogP contribution < -0.4 is 5.56 Å². The highest BCUT2D eigenvalue weighted by Gasteiger charge is 1.86. The summed E-state index contributed by atoms with van der Waals surface area (Å²) >= 11 is 5.46.